The van der Waals surface area contributed by atoms with Gasteiger partial charge < -0.3 is 25.4 Å². The molecule has 1 amide bonds. The molecule has 2 aromatic carbocycles. The van der Waals surface area contributed by atoms with Crippen LogP contribution in [0.2, 0.25) is 0 Å². The van der Waals surface area contributed by atoms with Crippen molar-refractivity contribution in [2.75, 3.05) is 19.4 Å². The zero-order valence-corrected chi connectivity index (χ0v) is 22.3. The number of carbonyl (C=O) groups is 1. The molecule has 0 radical (unpaired) electrons. The van der Waals surface area contributed by atoms with E-state index in [4.69, 9.17) is 0 Å². The van der Waals surface area contributed by atoms with Gasteiger partial charge in [0.2, 0.25) is 5.91 Å². The van der Waals surface area contributed by atoms with E-state index in [1.807, 2.05) is 54.6 Å². The SMILES string of the molecule is CNC(=O)[C@]12CC1[C@@H](n1cnc3c(NC)nc(-n4cc(-c5ccc[cH-]5)nn4)nc31)[C@H](O)C2O.[Fe+2].c1cc[cH-]c1. The second kappa shape index (κ2) is 10.3. The first kappa shape index (κ1) is 26.7. The second-order valence-corrected chi connectivity index (χ2v) is 9.49. The van der Waals surface area contributed by atoms with Crippen molar-refractivity contribution in [1.29, 1.82) is 0 Å². The summed E-state index contributed by atoms with van der Waals surface area (Å²) < 4.78 is 3.21. The summed E-state index contributed by atoms with van der Waals surface area (Å²) in [7, 11) is 3.26. The van der Waals surface area contributed by atoms with E-state index in [-0.39, 0.29) is 34.8 Å². The number of nitrogens with one attached hydrogen (secondary N) is 2. The third kappa shape index (κ3) is 4.23. The van der Waals surface area contributed by atoms with E-state index in [1.165, 1.54) is 11.7 Å². The van der Waals surface area contributed by atoms with E-state index in [1.54, 1.807) is 24.1 Å². The molecular formula is C26H27FeN9O3. The molecule has 39 heavy (non-hydrogen) atoms. The van der Waals surface area contributed by atoms with Gasteiger partial charge in [-0.2, -0.15) is 56.1 Å². The van der Waals surface area contributed by atoms with Crippen molar-refractivity contribution in [2.24, 2.45) is 11.3 Å². The maximum absolute atomic E-state index is 12.5. The number of fused-ring (bicyclic) bond motifs is 2. The van der Waals surface area contributed by atoms with Crippen LogP contribution in [-0.2, 0) is 21.9 Å². The molecule has 202 valence electrons. The summed E-state index contributed by atoms with van der Waals surface area (Å²) in [6.45, 7) is 0. The molecule has 7 rings (SSSR count). The molecule has 2 aliphatic carbocycles. The number of aliphatic hydroxyl groups is 2. The molecule has 4 N–H and O–H groups in total. The summed E-state index contributed by atoms with van der Waals surface area (Å²) in [6, 6.07) is 17.2. The van der Waals surface area contributed by atoms with Crippen molar-refractivity contribution in [3.8, 4) is 17.2 Å². The topological polar surface area (TPSA) is 156 Å². The molecule has 2 unspecified atom stereocenters. The van der Waals surface area contributed by atoms with Gasteiger partial charge in [-0.15, -0.1) is 11.6 Å². The number of imidazole rings is 1. The molecule has 2 saturated carbocycles. The zero-order chi connectivity index (χ0) is 26.4. The van der Waals surface area contributed by atoms with E-state index in [0.29, 0.717) is 29.1 Å². The number of nitrogens with zero attached hydrogens (tertiary/aromatic N) is 7. The number of rotatable bonds is 5. The van der Waals surface area contributed by atoms with E-state index >= 15 is 0 Å². The van der Waals surface area contributed by atoms with Gasteiger partial charge in [-0.25, -0.2) is 17.1 Å². The van der Waals surface area contributed by atoms with Crippen LogP contribution in [0.25, 0.3) is 28.4 Å². The maximum atomic E-state index is 12.5. The van der Waals surface area contributed by atoms with Crippen LogP contribution < -0.4 is 10.6 Å². The largest absolute Gasteiger partial charge is 2.00 e. The fourth-order valence-corrected chi connectivity index (χ4v) is 5.55. The molecule has 0 aliphatic heterocycles. The van der Waals surface area contributed by atoms with E-state index in [2.05, 4.69) is 35.9 Å². The Morgan fingerprint density at radius 3 is 2.59 bits per heavy atom. The molecule has 0 bridgehead atoms. The van der Waals surface area contributed by atoms with Crippen LogP contribution >= 0.6 is 0 Å². The predicted molar refractivity (Wildman–Crippen MR) is 139 cm³/mol. The van der Waals surface area contributed by atoms with Crippen LogP contribution in [-0.4, -0.2) is 76.9 Å². The summed E-state index contributed by atoms with van der Waals surface area (Å²) in [5, 5.41) is 35.6. The molecule has 5 aromatic rings. The van der Waals surface area contributed by atoms with Gasteiger partial charge in [-0.3, -0.25) is 4.79 Å². The van der Waals surface area contributed by atoms with Gasteiger partial charge in [-0.1, -0.05) is 5.21 Å². The summed E-state index contributed by atoms with van der Waals surface area (Å²) in [4.78, 5) is 26.1. The Morgan fingerprint density at radius 2 is 1.95 bits per heavy atom. The van der Waals surface area contributed by atoms with E-state index < -0.39 is 23.7 Å². The summed E-state index contributed by atoms with van der Waals surface area (Å²) in [5.41, 5.74) is 1.61. The summed E-state index contributed by atoms with van der Waals surface area (Å²) >= 11 is 0. The van der Waals surface area contributed by atoms with Crippen molar-refractivity contribution < 1.29 is 32.1 Å². The van der Waals surface area contributed by atoms with Crippen LogP contribution in [0, 0.1) is 11.3 Å². The van der Waals surface area contributed by atoms with Gasteiger partial charge in [-0.05, 0) is 6.42 Å². The van der Waals surface area contributed by atoms with E-state index in [9.17, 15) is 15.0 Å². The molecule has 12 nitrogen and oxygen atoms in total. The summed E-state index contributed by atoms with van der Waals surface area (Å²) in [5.74, 6) is 0.271. The van der Waals surface area contributed by atoms with Crippen LogP contribution in [0.3, 0.4) is 0 Å². The number of hydrogen-bond acceptors (Lipinski definition) is 9. The van der Waals surface area contributed by atoms with Gasteiger partial charge in [0, 0.05) is 31.9 Å². The first-order valence-electron chi connectivity index (χ1n) is 12.3. The standard InChI is InChI=1S/C21H22N9O3.C5H5.Fe/c1-22-17-13-18(26-20(25-17)30-8-12(27-28-30)10-5-3-4-6-10)29(9-24-13)14-11-7-21(11,19(33)23-2)16(32)15(14)31;1-2-4-5-3-1;/h3-6,8-9,11,14-16,31-32H,7H2,1-2H3,(H,23,33)(H,22,25,26);1-5H;/q2*-1;+2/t11?,14-,15+,16?,21-;;/m1../s1. The molecule has 0 spiro atoms. The van der Waals surface area contributed by atoms with Crippen LogP contribution in [0.4, 0.5) is 5.82 Å². The maximum Gasteiger partial charge on any atom is 2.00 e. The normalized spacial score (nSPS) is 24.8. The van der Waals surface area contributed by atoms with Gasteiger partial charge in [0.25, 0.3) is 5.95 Å². The second-order valence-electron chi connectivity index (χ2n) is 9.49. The molecule has 2 fully saturated rings. The third-order valence-corrected chi connectivity index (χ3v) is 7.50. The van der Waals surface area contributed by atoms with Crippen molar-refractivity contribution in [3.05, 3.63) is 67.1 Å². The molecule has 5 atom stereocenters. The Bertz CT molecular complexity index is 1550. The predicted octanol–water partition coefficient (Wildman–Crippen LogP) is 1.27. The Kier molecular flexibility index (Phi) is 7.08. The average molecular weight is 569 g/mol. The van der Waals surface area contributed by atoms with Crippen molar-refractivity contribution >= 4 is 22.9 Å². The van der Waals surface area contributed by atoms with Gasteiger partial charge in [0.1, 0.15) is 6.10 Å². The number of carbonyl (C=O) groups excluding carboxylic acids is 1. The quantitative estimate of drug-likeness (QED) is 0.181. The Hall–Kier alpha value is -3.90. The molecule has 0 saturated heterocycles. The molecule has 3 heterocycles. The minimum absolute atomic E-state index is 0. The number of aromatic nitrogens is 7. The fourth-order valence-electron chi connectivity index (χ4n) is 5.55. The third-order valence-electron chi connectivity index (χ3n) is 7.50. The van der Waals surface area contributed by atoms with Crippen LogP contribution in [0.1, 0.15) is 12.5 Å². The molecule has 13 heteroatoms. The molecule has 3 aromatic heterocycles. The Balaban J connectivity index is 0.000000464. The monoisotopic (exact) mass is 569 g/mol. The van der Waals surface area contributed by atoms with Crippen LogP contribution in [0.5, 0.6) is 0 Å². The first-order chi connectivity index (χ1) is 18.5. The number of hydrogen-bond donors (Lipinski definition) is 4. The van der Waals surface area contributed by atoms with Gasteiger partial charge in [0.05, 0.1) is 23.9 Å². The van der Waals surface area contributed by atoms with Crippen molar-refractivity contribution in [2.45, 2.75) is 24.7 Å². The Labute approximate surface area is 234 Å². The first-order valence-corrected chi connectivity index (χ1v) is 12.3. The number of aliphatic hydroxyl groups excluding tert-OH is 2. The number of anilines is 1. The smallest absolute Gasteiger partial charge is 0.389 e. The summed E-state index contributed by atoms with van der Waals surface area (Å²) in [6.07, 6.45) is 1.49. The minimum atomic E-state index is -1.17. The Morgan fingerprint density at radius 1 is 1.15 bits per heavy atom. The van der Waals surface area contributed by atoms with Crippen molar-refractivity contribution in [3.63, 3.8) is 0 Å². The van der Waals surface area contributed by atoms with Crippen LogP contribution in [0.15, 0.2) is 67.1 Å². The zero-order valence-electron chi connectivity index (χ0n) is 21.2. The van der Waals surface area contributed by atoms with Gasteiger partial charge >= 0.3 is 17.1 Å². The van der Waals surface area contributed by atoms with Crippen molar-refractivity contribution in [1.82, 2.24) is 39.8 Å². The average Bonchev–Trinajstić information content (AvgIpc) is 3.63. The van der Waals surface area contributed by atoms with Gasteiger partial charge in [0.15, 0.2) is 17.0 Å². The minimum Gasteiger partial charge on any atom is -0.389 e. The molecular weight excluding hydrogens is 542 g/mol. The number of amides is 1. The molecule has 2 aliphatic rings. The fraction of sp³-hybridized carbons (Fsp3) is 0.308. The van der Waals surface area contributed by atoms with E-state index in [0.717, 1.165) is 5.56 Å².